The summed E-state index contributed by atoms with van der Waals surface area (Å²) in [5.41, 5.74) is 0. The number of ether oxygens (including phenoxy) is 1. The van der Waals surface area contributed by atoms with Crippen molar-refractivity contribution in [2.45, 2.75) is 65.0 Å². The van der Waals surface area contributed by atoms with E-state index >= 15 is 0 Å². The van der Waals surface area contributed by atoms with Gasteiger partial charge in [0.25, 0.3) is 0 Å². The first-order valence-corrected chi connectivity index (χ1v) is 8.14. The van der Waals surface area contributed by atoms with E-state index in [1.54, 1.807) is 0 Å². The van der Waals surface area contributed by atoms with Crippen molar-refractivity contribution in [3.05, 3.63) is 0 Å². The van der Waals surface area contributed by atoms with Crippen LogP contribution in [0.1, 0.15) is 52.9 Å². The molecule has 1 rings (SSSR count). The topological polar surface area (TPSA) is 24.5 Å². The molecule has 114 valence electrons. The molecule has 0 aromatic carbocycles. The Balaban J connectivity index is 2.48. The third kappa shape index (κ3) is 6.24. The van der Waals surface area contributed by atoms with Crippen LogP contribution in [-0.2, 0) is 4.74 Å². The molecule has 3 nitrogen and oxygen atoms in total. The van der Waals surface area contributed by atoms with E-state index in [9.17, 15) is 0 Å². The molecule has 0 aromatic heterocycles. The van der Waals surface area contributed by atoms with Crippen LogP contribution >= 0.6 is 0 Å². The second kappa shape index (κ2) is 9.73. The van der Waals surface area contributed by atoms with Gasteiger partial charge in [-0.1, -0.05) is 40.0 Å². The number of methoxy groups -OCH3 is 1. The Hall–Kier alpha value is -0.120. The predicted octanol–water partition coefficient (Wildman–Crippen LogP) is 2.90. The molecule has 1 aliphatic carbocycles. The van der Waals surface area contributed by atoms with Crippen molar-refractivity contribution >= 4 is 0 Å². The summed E-state index contributed by atoms with van der Waals surface area (Å²) >= 11 is 0. The minimum absolute atomic E-state index is 0.525. The lowest BCUT2D eigenvalue weighted by atomic mass is 9.93. The van der Waals surface area contributed by atoms with Crippen molar-refractivity contribution in [2.75, 3.05) is 33.4 Å². The SMILES string of the molecule is CCN(C1CCCCC1)C(CNCC(C)C)COC. The van der Waals surface area contributed by atoms with E-state index in [0.717, 1.165) is 32.3 Å². The van der Waals surface area contributed by atoms with Gasteiger partial charge in [-0.3, -0.25) is 4.90 Å². The Bertz CT molecular complexity index is 215. The average molecular weight is 270 g/mol. The highest BCUT2D eigenvalue weighted by molar-refractivity contribution is 4.82. The highest BCUT2D eigenvalue weighted by atomic mass is 16.5. The highest BCUT2D eigenvalue weighted by Gasteiger charge is 2.26. The smallest absolute Gasteiger partial charge is 0.0630 e. The van der Waals surface area contributed by atoms with Gasteiger partial charge in [0.05, 0.1) is 6.61 Å². The van der Waals surface area contributed by atoms with Crippen LogP contribution in [0.3, 0.4) is 0 Å². The maximum absolute atomic E-state index is 5.45. The lowest BCUT2D eigenvalue weighted by Crippen LogP contribution is -2.51. The average Bonchev–Trinajstić information content (AvgIpc) is 2.40. The predicted molar refractivity (Wildman–Crippen MR) is 82.6 cm³/mol. The van der Waals surface area contributed by atoms with Gasteiger partial charge < -0.3 is 10.1 Å². The van der Waals surface area contributed by atoms with Crippen LogP contribution in [0, 0.1) is 5.92 Å². The van der Waals surface area contributed by atoms with E-state index < -0.39 is 0 Å². The molecule has 0 aliphatic heterocycles. The third-order valence-corrected chi connectivity index (χ3v) is 4.17. The van der Waals surface area contributed by atoms with Gasteiger partial charge in [-0.15, -0.1) is 0 Å². The summed E-state index contributed by atoms with van der Waals surface area (Å²) in [6, 6.07) is 1.30. The van der Waals surface area contributed by atoms with E-state index in [4.69, 9.17) is 4.74 Å². The maximum atomic E-state index is 5.45. The molecule has 3 heteroatoms. The molecule has 0 radical (unpaired) electrons. The molecule has 0 aromatic rings. The zero-order chi connectivity index (χ0) is 14.1. The van der Waals surface area contributed by atoms with Gasteiger partial charge in [-0.2, -0.15) is 0 Å². The largest absolute Gasteiger partial charge is 0.383 e. The van der Waals surface area contributed by atoms with Crippen LogP contribution in [0.25, 0.3) is 0 Å². The molecule has 1 saturated carbocycles. The number of rotatable bonds is 9. The van der Waals surface area contributed by atoms with Gasteiger partial charge in [-0.05, 0) is 31.8 Å². The van der Waals surface area contributed by atoms with E-state index in [0.29, 0.717) is 12.0 Å². The minimum atomic E-state index is 0.525. The second-order valence-corrected chi connectivity index (χ2v) is 6.28. The summed E-state index contributed by atoms with van der Waals surface area (Å²) in [5, 5.41) is 3.60. The monoisotopic (exact) mass is 270 g/mol. The van der Waals surface area contributed by atoms with Crippen LogP contribution in [0.5, 0.6) is 0 Å². The summed E-state index contributed by atoms with van der Waals surface area (Å²) in [6.07, 6.45) is 6.98. The van der Waals surface area contributed by atoms with Crippen LogP contribution < -0.4 is 5.32 Å². The first-order chi connectivity index (χ1) is 9.19. The van der Waals surface area contributed by atoms with Crippen molar-refractivity contribution in [3.8, 4) is 0 Å². The van der Waals surface area contributed by atoms with Gasteiger partial charge in [0.1, 0.15) is 0 Å². The Labute approximate surface area is 120 Å². The molecule has 1 atom stereocenters. The second-order valence-electron chi connectivity index (χ2n) is 6.28. The van der Waals surface area contributed by atoms with Gasteiger partial charge in [0.15, 0.2) is 0 Å². The van der Waals surface area contributed by atoms with Gasteiger partial charge >= 0.3 is 0 Å². The summed E-state index contributed by atoms with van der Waals surface area (Å²) in [4.78, 5) is 2.68. The summed E-state index contributed by atoms with van der Waals surface area (Å²) in [6.45, 7) is 10.9. The van der Waals surface area contributed by atoms with E-state index in [2.05, 4.69) is 31.0 Å². The molecule has 0 spiro atoms. The number of hydrogen-bond donors (Lipinski definition) is 1. The van der Waals surface area contributed by atoms with E-state index in [1.165, 1.54) is 32.1 Å². The Kier molecular flexibility index (Phi) is 8.67. The normalized spacial score (nSPS) is 19.3. The van der Waals surface area contributed by atoms with Gasteiger partial charge in [-0.25, -0.2) is 0 Å². The number of hydrogen-bond acceptors (Lipinski definition) is 3. The molecular formula is C16H34N2O. The standard InChI is InChI=1S/C16H34N2O/c1-5-18(15-9-7-6-8-10-15)16(13-19-4)12-17-11-14(2)3/h14-17H,5-13H2,1-4H3. The third-order valence-electron chi connectivity index (χ3n) is 4.17. The highest BCUT2D eigenvalue weighted by Crippen LogP contribution is 2.24. The molecule has 1 fully saturated rings. The minimum Gasteiger partial charge on any atom is -0.383 e. The van der Waals surface area contributed by atoms with Crippen molar-refractivity contribution in [3.63, 3.8) is 0 Å². The molecule has 1 N–H and O–H groups in total. The Morgan fingerprint density at radius 2 is 1.84 bits per heavy atom. The lowest BCUT2D eigenvalue weighted by Gasteiger charge is -2.39. The van der Waals surface area contributed by atoms with Crippen LogP contribution in [-0.4, -0.2) is 50.3 Å². The van der Waals surface area contributed by atoms with Gasteiger partial charge in [0.2, 0.25) is 0 Å². The molecule has 0 amide bonds. The first-order valence-electron chi connectivity index (χ1n) is 8.14. The first kappa shape index (κ1) is 16.9. The van der Waals surface area contributed by atoms with E-state index in [-0.39, 0.29) is 0 Å². The van der Waals surface area contributed by atoms with Crippen LogP contribution in [0.15, 0.2) is 0 Å². The zero-order valence-corrected chi connectivity index (χ0v) is 13.5. The quantitative estimate of drug-likeness (QED) is 0.697. The maximum Gasteiger partial charge on any atom is 0.0630 e. The van der Waals surface area contributed by atoms with Crippen molar-refractivity contribution in [1.82, 2.24) is 10.2 Å². The molecule has 1 unspecified atom stereocenters. The fourth-order valence-electron chi connectivity index (χ4n) is 3.23. The molecule has 0 bridgehead atoms. The lowest BCUT2D eigenvalue weighted by molar-refractivity contribution is 0.0502. The van der Waals surface area contributed by atoms with Crippen molar-refractivity contribution in [2.24, 2.45) is 5.92 Å². The molecule has 1 aliphatic rings. The van der Waals surface area contributed by atoms with E-state index in [1.807, 2.05) is 7.11 Å². The van der Waals surface area contributed by atoms with Crippen molar-refractivity contribution in [1.29, 1.82) is 0 Å². The molecular weight excluding hydrogens is 236 g/mol. The number of likely N-dealkylation sites (N-methyl/N-ethyl adjacent to an activating group) is 1. The number of nitrogens with one attached hydrogen (secondary N) is 1. The van der Waals surface area contributed by atoms with Crippen LogP contribution in [0.2, 0.25) is 0 Å². The number of nitrogens with zero attached hydrogens (tertiary/aromatic N) is 1. The van der Waals surface area contributed by atoms with Gasteiger partial charge in [0, 0.05) is 25.7 Å². The Morgan fingerprint density at radius 1 is 1.16 bits per heavy atom. The molecule has 19 heavy (non-hydrogen) atoms. The zero-order valence-electron chi connectivity index (χ0n) is 13.5. The summed E-state index contributed by atoms with van der Waals surface area (Å²) < 4.78 is 5.45. The van der Waals surface area contributed by atoms with Crippen molar-refractivity contribution < 1.29 is 4.74 Å². The summed E-state index contributed by atoms with van der Waals surface area (Å²) in [7, 11) is 1.82. The molecule has 0 heterocycles. The Morgan fingerprint density at radius 3 is 2.37 bits per heavy atom. The summed E-state index contributed by atoms with van der Waals surface area (Å²) in [5.74, 6) is 0.716. The molecule has 0 saturated heterocycles. The fourth-order valence-corrected chi connectivity index (χ4v) is 3.23. The van der Waals surface area contributed by atoms with Crippen LogP contribution in [0.4, 0.5) is 0 Å². The fraction of sp³-hybridized carbons (Fsp3) is 1.00.